The van der Waals surface area contributed by atoms with Crippen molar-refractivity contribution in [3.63, 3.8) is 0 Å². The van der Waals surface area contributed by atoms with E-state index in [1.807, 2.05) is 0 Å². The predicted octanol–water partition coefficient (Wildman–Crippen LogP) is 2.30. The van der Waals surface area contributed by atoms with Gasteiger partial charge in [0.25, 0.3) is 0 Å². The van der Waals surface area contributed by atoms with Crippen LogP contribution in [0.4, 0.5) is 0 Å². The maximum Gasteiger partial charge on any atom is 0.0935 e. The molecule has 1 heterocycles. The molecular formula is C13H27NO2. The van der Waals surface area contributed by atoms with Crippen molar-refractivity contribution in [2.24, 2.45) is 0 Å². The minimum absolute atomic E-state index is 0.293. The second kappa shape index (κ2) is 8.97. The van der Waals surface area contributed by atoms with Crippen molar-refractivity contribution in [2.45, 2.75) is 45.6 Å². The summed E-state index contributed by atoms with van der Waals surface area (Å²) in [6.07, 6.45) is 5.34. The fraction of sp³-hybridized carbons (Fsp3) is 1.00. The van der Waals surface area contributed by atoms with Gasteiger partial charge in [-0.2, -0.15) is 0 Å². The first kappa shape index (κ1) is 13.9. The summed E-state index contributed by atoms with van der Waals surface area (Å²) in [6.45, 7) is 10.2. The van der Waals surface area contributed by atoms with Crippen molar-refractivity contribution in [2.75, 3.05) is 39.5 Å². The Morgan fingerprint density at radius 2 is 2.12 bits per heavy atom. The first-order valence-electron chi connectivity index (χ1n) is 6.78. The highest BCUT2D eigenvalue weighted by atomic mass is 16.5. The summed E-state index contributed by atoms with van der Waals surface area (Å²) in [7, 11) is 0. The quantitative estimate of drug-likeness (QED) is 0.596. The number of unbranched alkanes of at least 4 members (excludes halogenated alkanes) is 2. The van der Waals surface area contributed by atoms with Crippen molar-refractivity contribution >= 4 is 0 Å². The van der Waals surface area contributed by atoms with Crippen molar-refractivity contribution in [1.82, 2.24) is 4.90 Å². The van der Waals surface area contributed by atoms with Gasteiger partial charge in [-0.05, 0) is 19.4 Å². The molecule has 0 spiro atoms. The molecule has 3 heteroatoms. The molecule has 1 saturated heterocycles. The summed E-state index contributed by atoms with van der Waals surface area (Å²) in [5.74, 6) is 0. The van der Waals surface area contributed by atoms with Gasteiger partial charge in [-0.3, -0.25) is 4.90 Å². The Bertz CT molecular complexity index is 148. The lowest BCUT2D eigenvalue weighted by atomic mass is 10.2. The zero-order valence-electron chi connectivity index (χ0n) is 10.9. The van der Waals surface area contributed by atoms with Crippen LogP contribution in [0, 0.1) is 0 Å². The first-order valence-corrected chi connectivity index (χ1v) is 6.78. The van der Waals surface area contributed by atoms with Crippen LogP contribution in [0.2, 0.25) is 0 Å². The molecule has 96 valence electrons. The number of rotatable bonds is 8. The van der Waals surface area contributed by atoms with Crippen molar-refractivity contribution in [3.8, 4) is 0 Å². The van der Waals surface area contributed by atoms with Crippen LogP contribution in [-0.2, 0) is 9.47 Å². The van der Waals surface area contributed by atoms with Crippen LogP contribution < -0.4 is 0 Å². The van der Waals surface area contributed by atoms with Crippen LogP contribution in [0.3, 0.4) is 0 Å². The summed E-state index contributed by atoms with van der Waals surface area (Å²) in [5, 5.41) is 0. The fourth-order valence-corrected chi connectivity index (χ4v) is 2.03. The molecular weight excluding hydrogens is 202 g/mol. The number of hydrogen-bond acceptors (Lipinski definition) is 3. The Balaban J connectivity index is 2.09. The van der Waals surface area contributed by atoms with Crippen LogP contribution >= 0.6 is 0 Å². The lowest BCUT2D eigenvalue weighted by molar-refractivity contribution is -0.0691. The van der Waals surface area contributed by atoms with Crippen molar-refractivity contribution < 1.29 is 9.47 Å². The third kappa shape index (κ3) is 5.83. The monoisotopic (exact) mass is 229 g/mol. The maximum atomic E-state index is 5.69. The molecule has 0 aliphatic carbocycles. The first-order chi connectivity index (χ1) is 7.86. The lowest BCUT2D eigenvalue weighted by Crippen LogP contribution is -2.44. The summed E-state index contributed by atoms with van der Waals surface area (Å²) < 4.78 is 11.2. The Hall–Kier alpha value is -0.120. The Morgan fingerprint density at radius 3 is 2.88 bits per heavy atom. The van der Waals surface area contributed by atoms with E-state index in [-0.39, 0.29) is 0 Å². The topological polar surface area (TPSA) is 21.7 Å². The average molecular weight is 229 g/mol. The van der Waals surface area contributed by atoms with E-state index in [9.17, 15) is 0 Å². The van der Waals surface area contributed by atoms with E-state index in [2.05, 4.69) is 18.7 Å². The van der Waals surface area contributed by atoms with Gasteiger partial charge < -0.3 is 9.47 Å². The van der Waals surface area contributed by atoms with E-state index in [1.54, 1.807) is 0 Å². The Labute approximate surface area is 100 Å². The molecule has 3 nitrogen and oxygen atoms in total. The average Bonchev–Trinajstić information content (AvgIpc) is 2.30. The molecule has 1 unspecified atom stereocenters. The molecule has 0 aromatic heterocycles. The van der Waals surface area contributed by atoms with Crippen LogP contribution in [0.15, 0.2) is 0 Å². The summed E-state index contributed by atoms with van der Waals surface area (Å²) >= 11 is 0. The highest BCUT2D eigenvalue weighted by Gasteiger charge is 2.19. The zero-order chi connectivity index (χ0) is 11.6. The number of morpholine rings is 1. The molecule has 0 N–H and O–H groups in total. The Morgan fingerprint density at radius 1 is 1.25 bits per heavy atom. The SMILES string of the molecule is CCCCCN1CCOC(COCCC)C1. The fourth-order valence-electron chi connectivity index (χ4n) is 2.03. The van der Waals surface area contributed by atoms with Crippen molar-refractivity contribution in [1.29, 1.82) is 0 Å². The van der Waals surface area contributed by atoms with Gasteiger partial charge in [-0.1, -0.05) is 26.7 Å². The highest BCUT2D eigenvalue weighted by molar-refractivity contribution is 4.71. The summed E-state index contributed by atoms with van der Waals surface area (Å²) in [5.41, 5.74) is 0. The van der Waals surface area contributed by atoms with Gasteiger partial charge in [-0.15, -0.1) is 0 Å². The minimum atomic E-state index is 0.293. The van der Waals surface area contributed by atoms with E-state index in [0.717, 1.165) is 39.3 Å². The van der Waals surface area contributed by atoms with Crippen LogP contribution in [0.25, 0.3) is 0 Å². The van der Waals surface area contributed by atoms with Gasteiger partial charge >= 0.3 is 0 Å². The smallest absolute Gasteiger partial charge is 0.0935 e. The maximum absolute atomic E-state index is 5.69. The summed E-state index contributed by atoms with van der Waals surface area (Å²) in [4.78, 5) is 2.51. The normalized spacial score (nSPS) is 22.5. The van der Waals surface area contributed by atoms with Gasteiger partial charge in [0.1, 0.15) is 0 Å². The van der Waals surface area contributed by atoms with Gasteiger partial charge in [0, 0.05) is 19.7 Å². The standard InChI is InChI=1S/C13H27NO2/c1-3-5-6-7-14-8-10-16-13(11-14)12-15-9-4-2/h13H,3-12H2,1-2H3. The molecule has 0 saturated carbocycles. The van der Waals surface area contributed by atoms with Crippen molar-refractivity contribution in [3.05, 3.63) is 0 Å². The van der Waals surface area contributed by atoms with Gasteiger partial charge in [-0.25, -0.2) is 0 Å². The van der Waals surface area contributed by atoms with Gasteiger partial charge in [0.15, 0.2) is 0 Å². The Kier molecular flexibility index (Phi) is 7.81. The van der Waals surface area contributed by atoms with E-state index in [4.69, 9.17) is 9.47 Å². The van der Waals surface area contributed by atoms with E-state index < -0.39 is 0 Å². The number of ether oxygens (including phenoxy) is 2. The summed E-state index contributed by atoms with van der Waals surface area (Å²) in [6, 6.07) is 0. The van der Waals surface area contributed by atoms with E-state index >= 15 is 0 Å². The van der Waals surface area contributed by atoms with E-state index in [1.165, 1.54) is 25.8 Å². The molecule has 0 radical (unpaired) electrons. The molecule has 16 heavy (non-hydrogen) atoms. The number of hydrogen-bond donors (Lipinski definition) is 0. The zero-order valence-corrected chi connectivity index (χ0v) is 10.9. The molecule has 0 bridgehead atoms. The molecule has 0 aromatic rings. The predicted molar refractivity (Wildman–Crippen MR) is 66.8 cm³/mol. The lowest BCUT2D eigenvalue weighted by Gasteiger charge is -2.32. The molecule has 1 aliphatic rings. The van der Waals surface area contributed by atoms with E-state index in [0.29, 0.717) is 6.10 Å². The van der Waals surface area contributed by atoms with Crippen LogP contribution in [0.1, 0.15) is 39.5 Å². The third-order valence-corrected chi connectivity index (χ3v) is 2.95. The number of nitrogens with zero attached hydrogens (tertiary/aromatic N) is 1. The highest BCUT2D eigenvalue weighted by Crippen LogP contribution is 2.07. The molecule has 1 atom stereocenters. The second-order valence-electron chi connectivity index (χ2n) is 4.58. The molecule has 1 fully saturated rings. The van der Waals surface area contributed by atoms with Gasteiger partial charge in [0.05, 0.1) is 19.3 Å². The molecule has 1 rings (SSSR count). The molecule has 0 aromatic carbocycles. The third-order valence-electron chi connectivity index (χ3n) is 2.95. The van der Waals surface area contributed by atoms with Crippen LogP contribution in [0.5, 0.6) is 0 Å². The molecule has 0 amide bonds. The largest absolute Gasteiger partial charge is 0.379 e. The molecule has 1 aliphatic heterocycles. The second-order valence-corrected chi connectivity index (χ2v) is 4.58. The minimum Gasteiger partial charge on any atom is -0.379 e. The van der Waals surface area contributed by atoms with Gasteiger partial charge in [0.2, 0.25) is 0 Å². The van der Waals surface area contributed by atoms with Crippen LogP contribution in [-0.4, -0.2) is 50.5 Å².